The number of fused-ring (bicyclic) bond motifs is 1. The van der Waals surface area contributed by atoms with Crippen LogP contribution < -0.4 is 20.6 Å². The summed E-state index contributed by atoms with van der Waals surface area (Å²) in [6, 6.07) is 14.4. The van der Waals surface area contributed by atoms with Crippen molar-refractivity contribution in [1.82, 2.24) is 5.32 Å². The number of benzene rings is 2. The van der Waals surface area contributed by atoms with Crippen molar-refractivity contribution in [3.63, 3.8) is 0 Å². The largest absolute Gasteiger partial charge is 0.496 e. The second-order valence-electron chi connectivity index (χ2n) is 7.75. The van der Waals surface area contributed by atoms with Crippen LogP contribution in [0.3, 0.4) is 0 Å². The maximum absolute atomic E-state index is 12.8. The molecule has 0 bridgehead atoms. The summed E-state index contributed by atoms with van der Waals surface area (Å²) in [6.07, 6.45) is 1.92. The molecule has 1 fully saturated rings. The van der Waals surface area contributed by atoms with Crippen LogP contribution in [0.25, 0.3) is 22.1 Å². The van der Waals surface area contributed by atoms with Gasteiger partial charge in [-0.1, -0.05) is 19.4 Å². The van der Waals surface area contributed by atoms with Crippen LogP contribution in [0.1, 0.15) is 25.8 Å². The molecule has 0 radical (unpaired) electrons. The molecule has 29 heavy (non-hydrogen) atoms. The fraction of sp³-hybridized carbons (Fsp3) is 0.375. The average molecular weight is 392 g/mol. The van der Waals surface area contributed by atoms with E-state index in [0.717, 1.165) is 60.4 Å². The first-order valence-electron chi connectivity index (χ1n) is 10.3. The summed E-state index contributed by atoms with van der Waals surface area (Å²) in [5.41, 5.74) is 3.97. The summed E-state index contributed by atoms with van der Waals surface area (Å²) in [5.74, 6) is 0.857. The quantitative estimate of drug-likeness (QED) is 0.659. The van der Waals surface area contributed by atoms with Gasteiger partial charge >= 0.3 is 5.63 Å². The van der Waals surface area contributed by atoms with E-state index in [4.69, 9.17) is 9.15 Å². The fourth-order valence-corrected chi connectivity index (χ4v) is 4.08. The highest BCUT2D eigenvalue weighted by molar-refractivity contribution is 5.84. The molecular weight excluding hydrogens is 364 g/mol. The first-order chi connectivity index (χ1) is 14.1. The van der Waals surface area contributed by atoms with E-state index < -0.39 is 0 Å². The van der Waals surface area contributed by atoms with Gasteiger partial charge in [-0.3, -0.25) is 0 Å². The maximum atomic E-state index is 12.8. The molecule has 1 N–H and O–H groups in total. The molecule has 2 heterocycles. The van der Waals surface area contributed by atoms with Gasteiger partial charge in [0.15, 0.2) is 0 Å². The Hall–Kier alpha value is -2.79. The van der Waals surface area contributed by atoms with Gasteiger partial charge < -0.3 is 19.4 Å². The first-order valence-corrected chi connectivity index (χ1v) is 10.3. The molecule has 1 atom stereocenters. The Labute approximate surface area is 171 Å². The molecule has 1 aliphatic heterocycles. The van der Waals surface area contributed by atoms with Crippen LogP contribution in [0.2, 0.25) is 0 Å². The van der Waals surface area contributed by atoms with Gasteiger partial charge in [0.1, 0.15) is 11.3 Å². The lowest BCUT2D eigenvalue weighted by Crippen LogP contribution is -2.49. The third kappa shape index (κ3) is 4.01. The first kappa shape index (κ1) is 19.5. The molecule has 1 aromatic heterocycles. The van der Waals surface area contributed by atoms with Crippen molar-refractivity contribution in [2.75, 3.05) is 31.6 Å². The van der Waals surface area contributed by atoms with Gasteiger partial charge in [-0.2, -0.15) is 0 Å². The van der Waals surface area contributed by atoms with Crippen LogP contribution in [-0.4, -0.2) is 32.8 Å². The van der Waals surface area contributed by atoms with E-state index >= 15 is 0 Å². The fourth-order valence-electron chi connectivity index (χ4n) is 4.08. The molecule has 1 aliphatic rings. The zero-order valence-corrected chi connectivity index (χ0v) is 17.3. The van der Waals surface area contributed by atoms with Crippen molar-refractivity contribution >= 4 is 16.7 Å². The molecule has 0 spiro atoms. The average Bonchev–Trinajstić information content (AvgIpc) is 2.73. The molecule has 0 aliphatic carbocycles. The minimum absolute atomic E-state index is 0.309. The molecule has 5 nitrogen and oxygen atoms in total. The number of aryl methyl sites for hydroxylation is 1. The molecule has 3 aromatic rings. The lowest BCUT2D eigenvalue weighted by Gasteiger charge is -2.33. The Bertz CT molecular complexity index is 1070. The lowest BCUT2D eigenvalue weighted by molar-refractivity contribution is 0.409. The SMILES string of the molecule is CCCc1cc(-c2cc3ccc(N4CCN[C@H](C)C4)cc3oc2=O)ccc1OC. The van der Waals surface area contributed by atoms with Crippen LogP contribution in [-0.2, 0) is 6.42 Å². The van der Waals surface area contributed by atoms with Gasteiger partial charge in [-0.25, -0.2) is 4.79 Å². The smallest absolute Gasteiger partial charge is 0.344 e. The van der Waals surface area contributed by atoms with Crippen molar-refractivity contribution in [3.05, 3.63) is 58.4 Å². The predicted octanol–water partition coefficient (Wildman–Crippen LogP) is 4.22. The molecule has 152 valence electrons. The number of anilines is 1. The van der Waals surface area contributed by atoms with Crippen molar-refractivity contribution in [2.24, 2.45) is 0 Å². The number of nitrogens with zero attached hydrogens (tertiary/aromatic N) is 1. The monoisotopic (exact) mass is 392 g/mol. The van der Waals surface area contributed by atoms with Crippen LogP contribution in [0.4, 0.5) is 5.69 Å². The summed E-state index contributed by atoms with van der Waals surface area (Å²) >= 11 is 0. The Morgan fingerprint density at radius 2 is 2.07 bits per heavy atom. The van der Waals surface area contributed by atoms with E-state index in [0.29, 0.717) is 17.2 Å². The van der Waals surface area contributed by atoms with E-state index in [2.05, 4.69) is 30.1 Å². The molecule has 0 saturated carbocycles. The Morgan fingerprint density at radius 1 is 1.21 bits per heavy atom. The van der Waals surface area contributed by atoms with Gasteiger partial charge in [0, 0.05) is 42.8 Å². The normalized spacial score (nSPS) is 16.9. The van der Waals surface area contributed by atoms with E-state index in [-0.39, 0.29) is 5.63 Å². The number of nitrogens with one attached hydrogen (secondary N) is 1. The van der Waals surface area contributed by atoms with Gasteiger partial charge in [-0.15, -0.1) is 0 Å². The van der Waals surface area contributed by atoms with Gasteiger partial charge in [0.05, 0.1) is 12.7 Å². The van der Waals surface area contributed by atoms with Gasteiger partial charge in [0.25, 0.3) is 0 Å². The van der Waals surface area contributed by atoms with Crippen molar-refractivity contribution in [1.29, 1.82) is 0 Å². The second kappa shape index (κ2) is 8.29. The topological polar surface area (TPSA) is 54.7 Å². The highest BCUT2D eigenvalue weighted by Crippen LogP contribution is 2.29. The predicted molar refractivity (Wildman–Crippen MR) is 118 cm³/mol. The Kier molecular flexibility index (Phi) is 5.58. The van der Waals surface area contributed by atoms with Gasteiger partial charge in [0.2, 0.25) is 0 Å². The van der Waals surface area contributed by atoms with E-state index in [1.54, 1.807) is 7.11 Å². The van der Waals surface area contributed by atoms with Crippen LogP contribution in [0.5, 0.6) is 5.75 Å². The second-order valence-corrected chi connectivity index (χ2v) is 7.75. The van der Waals surface area contributed by atoms with Crippen molar-refractivity contribution in [3.8, 4) is 16.9 Å². The molecule has 0 amide bonds. The molecule has 2 aromatic carbocycles. The third-order valence-corrected chi connectivity index (χ3v) is 5.56. The van der Waals surface area contributed by atoms with Crippen LogP contribution in [0.15, 0.2) is 51.7 Å². The lowest BCUT2D eigenvalue weighted by atomic mass is 10.0. The number of ether oxygens (including phenoxy) is 1. The molecule has 4 rings (SSSR count). The van der Waals surface area contributed by atoms with Crippen molar-refractivity contribution < 1.29 is 9.15 Å². The molecule has 1 saturated heterocycles. The number of hydrogen-bond acceptors (Lipinski definition) is 5. The Morgan fingerprint density at radius 3 is 2.83 bits per heavy atom. The number of piperazine rings is 1. The van der Waals surface area contributed by atoms with Crippen LogP contribution >= 0.6 is 0 Å². The summed E-state index contributed by atoms with van der Waals surface area (Å²) in [7, 11) is 1.68. The Balaban J connectivity index is 1.72. The minimum Gasteiger partial charge on any atom is -0.496 e. The van der Waals surface area contributed by atoms with E-state index in [1.165, 1.54) is 0 Å². The number of hydrogen-bond donors (Lipinski definition) is 1. The summed E-state index contributed by atoms with van der Waals surface area (Å²) in [4.78, 5) is 15.1. The summed E-state index contributed by atoms with van der Waals surface area (Å²) in [5, 5.41) is 4.38. The van der Waals surface area contributed by atoms with Crippen LogP contribution in [0, 0.1) is 0 Å². The van der Waals surface area contributed by atoms with E-state index in [1.807, 2.05) is 36.4 Å². The van der Waals surface area contributed by atoms with Gasteiger partial charge in [-0.05, 0) is 54.8 Å². The number of rotatable bonds is 5. The molecule has 5 heteroatoms. The number of methoxy groups -OCH3 is 1. The van der Waals surface area contributed by atoms with E-state index in [9.17, 15) is 4.79 Å². The van der Waals surface area contributed by atoms with Crippen molar-refractivity contribution in [2.45, 2.75) is 32.7 Å². The zero-order valence-electron chi connectivity index (χ0n) is 17.3. The minimum atomic E-state index is -0.309. The zero-order chi connectivity index (χ0) is 20.4. The maximum Gasteiger partial charge on any atom is 0.344 e. The standard InChI is InChI=1S/C24H28N2O3/c1-4-5-18-12-17(7-9-22(18)28-3)21-13-19-6-8-20(14-23(19)29-24(21)27)26-11-10-25-16(2)15-26/h6-9,12-14,16,25H,4-5,10-11,15H2,1-3H3/t16-/m1/s1. The molecular formula is C24H28N2O3. The summed E-state index contributed by atoms with van der Waals surface area (Å²) in [6.45, 7) is 7.16. The highest BCUT2D eigenvalue weighted by atomic mass is 16.5. The highest BCUT2D eigenvalue weighted by Gasteiger charge is 2.17. The summed E-state index contributed by atoms with van der Waals surface area (Å²) < 4.78 is 11.2. The third-order valence-electron chi connectivity index (χ3n) is 5.56. The molecule has 0 unspecified atom stereocenters.